The molecule has 0 aromatic carbocycles. The van der Waals surface area contributed by atoms with Crippen LogP contribution < -0.4 is 10.9 Å². The Balaban J connectivity index is 3.30. The van der Waals surface area contributed by atoms with Crippen LogP contribution in [0, 0.1) is 11.3 Å². The van der Waals surface area contributed by atoms with Crippen molar-refractivity contribution in [1.82, 2.24) is 4.98 Å². The van der Waals surface area contributed by atoms with Crippen LogP contribution in [0.4, 0.5) is 19.0 Å². The second-order valence-electron chi connectivity index (χ2n) is 2.79. The number of hydrogen-bond acceptors (Lipinski definition) is 4. The van der Waals surface area contributed by atoms with Gasteiger partial charge in [0.15, 0.2) is 5.82 Å². The van der Waals surface area contributed by atoms with Gasteiger partial charge in [0.05, 0.1) is 5.56 Å². The molecule has 7 heteroatoms. The molecule has 0 bridgehead atoms. The predicted octanol–water partition coefficient (Wildman–Crippen LogP) is 1.28. The molecule has 2 N–H and O–H groups in total. The highest BCUT2D eigenvalue weighted by molar-refractivity contribution is 5.53. The van der Waals surface area contributed by atoms with E-state index in [-0.39, 0.29) is 11.4 Å². The minimum absolute atomic E-state index is 0.00648. The van der Waals surface area contributed by atoms with E-state index < -0.39 is 11.9 Å². The summed E-state index contributed by atoms with van der Waals surface area (Å²) in [5.74, 6) is 5.05. The van der Waals surface area contributed by atoms with Gasteiger partial charge >= 0.3 is 6.18 Å². The molecular weight excluding hydrogens is 209 g/mol. The Morgan fingerprint density at radius 1 is 1.47 bits per heavy atom. The van der Waals surface area contributed by atoms with E-state index in [1.807, 2.05) is 0 Å². The zero-order chi connectivity index (χ0) is 11.6. The van der Waals surface area contributed by atoms with Crippen molar-refractivity contribution in [3.8, 4) is 6.07 Å². The molecule has 0 radical (unpaired) electrons. The van der Waals surface area contributed by atoms with Crippen molar-refractivity contribution in [1.29, 1.82) is 5.26 Å². The van der Waals surface area contributed by atoms with Crippen LogP contribution in [-0.4, -0.2) is 12.0 Å². The highest BCUT2D eigenvalue weighted by Crippen LogP contribution is 2.29. The Labute approximate surface area is 83.7 Å². The first-order chi connectivity index (χ1) is 6.86. The monoisotopic (exact) mass is 216 g/mol. The van der Waals surface area contributed by atoms with E-state index in [1.54, 1.807) is 6.07 Å². The molecule has 80 valence electrons. The summed E-state index contributed by atoms with van der Waals surface area (Å²) in [5.41, 5.74) is -1.08. The highest BCUT2D eigenvalue weighted by Gasteiger charge is 2.33. The number of alkyl halides is 3. The number of halogens is 3. The van der Waals surface area contributed by atoms with Gasteiger partial charge in [-0.3, -0.25) is 5.01 Å². The summed E-state index contributed by atoms with van der Waals surface area (Å²) in [7, 11) is 1.31. The number of aromatic nitrogens is 1. The summed E-state index contributed by atoms with van der Waals surface area (Å²) in [6.07, 6.45) is -4.54. The van der Waals surface area contributed by atoms with Crippen LogP contribution in [0.3, 0.4) is 0 Å². The molecule has 0 unspecified atom stereocenters. The fraction of sp³-hybridized carbons (Fsp3) is 0.250. The fourth-order valence-corrected chi connectivity index (χ4v) is 0.962. The number of nitrogens with zero attached hydrogens (tertiary/aromatic N) is 3. The Morgan fingerprint density at radius 2 is 2.07 bits per heavy atom. The van der Waals surface area contributed by atoms with Gasteiger partial charge in [0.2, 0.25) is 0 Å². The molecule has 0 aliphatic rings. The molecule has 0 saturated heterocycles. The molecule has 0 fully saturated rings. The molecule has 0 spiro atoms. The van der Waals surface area contributed by atoms with E-state index in [9.17, 15) is 13.2 Å². The van der Waals surface area contributed by atoms with Crippen molar-refractivity contribution in [2.24, 2.45) is 5.84 Å². The first-order valence-electron chi connectivity index (χ1n) is 3.83. The van der Waals surface area contributed by atoms with Crippen LogP contribution in [0.2, 0.25) is 0 Å². The minimum atomic E-state index is -4.54. The largest absolute Gasteiger partial charge is 0.433 e. The maximum Gasteiger partial charge on any atom is 0.433 e. The Kier molecular flexibility index (Phi) is 2.81. The second kappa shape index (κ2) is 3.74. The third-order valence-corrected chi connectivity index (χ3v) is 1.62. The summed E-state index contributed by atoms with van der Waals surface area (Å²) in [5, 5.41) is 9.48. The van der Waals surface area contributed by atoms with E-state index in [4.69, 9.17) is 11.1 Å². The van der Waals surface area contributed by atoms with Gasteiger partial charge in [-0.25, -0.2) is 10.8 Å². The number of hydrazine groups is 1. The van der Waals surface area contributed by atoms with Crippen LogP contribution in [0.15, 0.2) is 12.1 Å². The van der Waals surface area contributed by atoms with E-state index >= 15 is 0 Å². The van der Waals surface area contributed by atoms with E-state index in [0.717, 1.165) is 17.1 Å². The van der Waals surface area contributed by atoms with Crippen LogP contribution in [0.25, 0.3) is 0 Å². The number of pyridine rings is 1. The highest BCUT2D eigenvalue weighted by atomic mass is 19.4. The summed E-state index contributed by atoms with van der Waals surface area (Å²) < 4.78 is 36.8. The lowest BCUT2D eigenvalue weighted by Crippen LogP contribution is -2.28. The number of rotatable bonds is 1. The lowest BCUT2D eigenvalue weighted by atomic mass is 10.2. The molecule has 0 aliphatic heterocycles. The molecule has 1 aromatic rings. The predicted molar refractivity (Wildman–Crippen MR) is 46.5 cm³/mol. The lowest BCUT2D eigenvalue weighted by molar-refractivity contribution is -0.141. The second-order valence-corrected chi connectivity index (χ2v) is 2.79. The lowest BCUT2D eigenvalue weighted by Gasteiger charge is -2.14. The molecule has 1 heterocycles. The van der Waals surface area contributed by atoms with Crippen LogP contribution in [0.1, 0.15) is 11.3 Å². The maximum absolute atomic E-state index is 12.3. The van der Waals surface area contributed by atoms with Crippen LogP contribution >= 0.6 is 0 Å². The fourth-order valence-electron chi connectivity index (χ4n) is 0.962. The topological polar surface area (TPSA) is 65.9 Å². The van der Waals surface area contributed by atoms with Crippen LogP contribution in [-0.2, 0) is 6.18 Å². The molecule has 1 aromatic heterocycles. The van der Waals surface area contributed by atoms with Crippen molar-refractivity contribution >= 4 is 5.82 Å². The van der Waals surface area contributed by atoms with Gasteiger partial charge in [-0.2, -0.15) is 18.4 Å². The van der Waals surface area contributed by atoms with Crippen molar-refractivity contribution in [3.05, 3.63) is 23.4 Å². The molecule has 0 saturated carbocycles. The molecular formula is C8H7F3N4. The van der Waals surface area contributed by atoms with E-state index in [0.29, 0.717) is 0 Å². The van der Waals surface area contributed by atoms with Gasteiger partial charge in [0, 0.05) is 7.05 Å². The van der Waals surface area contributed by atoms with Crippen molar-refractivity contribution in [2.75, 3.05) is 12.1 Å². The van der Waals surface area contributed by atoms with Crippen molar-refractivity contribution in [2.45, 2.75) is 6.18 Å². The third kappa shape index (κ3) is 2.35. The number of anilines is 1. The maximum atomic E-state index is 12.3. The normalized spacial score (nSPS) is 10.9. The molecule has 0 atom stereocenters. The van der Waals surface area contributed by atoms with E-state index in [2.05, 4.69) is 4.98 Å². The number of nitrogens with two attached hydrogens (primary N) is 1. The smallest absolute Gasteiger partial charge is 0.297 e. The molecule has 0 aliphatic carbocycles. The zero-order valence-electron chi connectivity index (χ0n) is 7.71. The van der Waals surface area contributed by atoms with Crippen molar-refractivity contribution < 1.29 is 13.2 Å². The van der Waals surface area contributed by atoms with E-state index in [1.165, 1.54) is 7.05 Å². The average Bonchev–Trinajstić information content (AvgIpc) is 2.15. The van der Waals surface area contributed by atoms with Gasteiger partial charge in [0.1, 0.15) is 11.8 Å². The minimum Gasteiger partial charge on any atom is -0.297 e. The third-order valence-electron chi connectivity index (χ3n) is 1.62. The van der Waals surface area contributed by atoms with Gasteiger partial charge in [-0.05, 0) is 12.1 Å². The van der Waals surface area contributed by atoms with Crippen molar-refractivity contribution in [3.63, 3.8) is 0 Å². The van der Waals surface area contributed by atoms with Gasteiger partial charge < -0.3 is 0 Å². The van der Waals surface area contributed by atoms with Gasteiger partial charge in [-0.15, -0.1) is 0 Å². The standard InChI is InChI=1S/C8H7F3N4/c1-15(13)7-5(4-12)2-3-6(14-7)8(9,10)11/h2-3H,13H2,1H3. The Morgan fingerprint density at radius 3 is 2.47 bits per heavy atom. The van der Waals surface area contributed by atoms with Crippen LogP contribution in [0.5, 0.6) is 0 Å². The summed E-state index contributed by atoms with van der Waals surface area (Å²) in [6, 6.07) is 3.48. The summed E-state index contributed by atoms with van der Waals surface area (Å²) >= 11 is 0. The summed E-state index contributed by atoms with van der Waals surface area (Å²) in [6.45, 7) is 0. The molecule has 0 amide bonds. The zero-order valence-corrected chi connectivity index (χ0v) is 7.71. The molecule has 4 nitrogen and oxygen atoms in total. The Bertz CT molecular complexity index is 405. The average molecular weight is 216 g/mol. The first kappa shape index (κ1) is 11.3. The SMILES string of the molecule is CN(N)c1nc(C(F)(F)F)ccc1C#N. The molecule has 1 rings (SSSR count). The quantitative estimate of drug-likeness (QED) is 0.567. The number of nitriles is 1. The first-order valence-corrected chi connectivity index (χ1v) is 3.83. The Hall–Kier alpha value is -1.81. The molecule has 15 heavy (non-hydrogen) atoms. The van der Waals surface area contributed by atoms with Gasteiger partial charge in [0.25, 0.3) is 0 Å². The number of hydrogen-bond donors (Lipinski definition) is 1. The summed E-state index contributed by atoms with van der Waals surface area (Å²) in [4.78, 5) is 3.27. The van der Waals surface area contributed by atoms with Gasteiger partial charge in [-0.1, -0.05) is 0 Å².